The summed E-state index contributed by atoms with van der Waals surface area (Å²) >= 11 is 2.97. The summed E-state index contributed by atoms with van der Waals surface area (Å²) < 4.78 is 5.38. The highest BCUT2D eigenvalue weighted by atomic mass is 32.2. The summed E-state index contributed by atoms with van der Waals surface area (Å²) in [7, 11) is 0. The zero-order valence-corrected chi connectivity index (χ0v) is 18.0. The van der Waals surface area contributed by atoms with Crippen LogP contribution in [-0.4, -0.2) is 47.6 Å². The lowest BCUT2D eigenvalue weighted by Gasteiger charge is -2.29. The van der Waals surface area contributed by atoms with Crippen molar-refractivity contribution >= 4 is 40.7 Å². The molecule has 3 unspecified atom stereocenters. The summed E-state index contributed by atoms with van der Waals surface area (Å²) in [5.41, 5.74) is 0.563. The van der Waals surface area contributed by atoms with Crippen LogP contribution in [0.3, 0.4) is 0 Å². The maximum atomic E-state index is 13.0. The number of Topliss-reactive ketones (excluding diaryl/α,β-unsaturated/α-hetero) is 1. The van der Waals surface area contributed by atoms with Crippen LogP contribution in [0.15, 0.2) is 47.2 Å². The fourth-order valence-electron chi connectivity index (χ4n) is 2.95. The molecule has 6 nitrogen and oxygen atoms in total. The van der Waals surface area contributed by atoms with Crippen molar-refractivity contribution in [2.45, 2.75) is 37.3 Å². The maximum absolute atomic E-state index is 13.0. The minimum atomic E-state index is -1.09. The molecule has 2 aromatic rings. The van der Waals surface area contributed by atoms with E-state index in [9.17, 15) is 14.4 Å². The zero-order chi connectivity index (χ0) is 20.9. The van der Waals surface area contributed by atoms with Crippen LogP contribution in [0, 0.1) is 0 Å². The molecule has 0 bridgehead atoms. The molecular weight excluding hydrogens is 408 g/mol. The van der Waals surface area contributed by atoms with Gasteiger partial charge in [-0.15, -0.1) is 0 Å². The van der Waals surface area contributed by atoms with Crippen LogP contribution in [0.2, 0.25) is 0 Å². The van der Waals surface area contributed by atoms with E-state index < -0.39 is 17.7 Å². The number of carbonyl (C=O) groups excluding carboxylic acids is 3. The first kappa shape index (κ1) is 21.5. The molecule has 1 aromatic carbocycles. The van der Waals surface area contributed by atoms with Gasteiger partial charge in [0.2, 0.25) is 5.91 Å². The van der Waals surface area contributed by atoms with Gasteiger partial charge in [-0.2, -0.15) is 23.1 Å². The normalized spacial score (nSPS) is 22.3. The first-order chi connectivity index (χ1) is 13.9. The van der Waals surface area contributed by atoms with Gasteiger partial charge in [0.25, 0.3) is 5.91 Å². The molecule has 2 N–H and O–H groups in total. The predicted molar refractivity (Wildman–Crippen MR) is 115 cm³/mol. The quantitative estimate of drug-likeness (QED) is 0.670. The monoisotopic (exact) mass is 432 g/mol. The summed E-state index contributed by atoms with van der Waals surface area (Å²) in [6.07, 6.45) is -0.427. The first-order valence-electron chi connectivity index (χ1n) is 9.32. The van der Waals surface area contributed by atoms with E-state index in [1.54, 1.807) is 37.1 Å². The minimum Gasteiger partial charge on any atom is -0.368 e. The third kappa shape index (κ3) is 5.26. The average Bonchev–Trinajstić information content (AvgIpc) is 3.33. The number of benzene rings is 1. The third-order valence-electron chi connectivity index (χ3n) is 5.04. The van der Waals surface area contributed by atoms with E-state index in [2.05, 4.69) is 10.6 Å². The molecule has 1 fully saturated rings. The molecule has 154 valence electrons. The van der Waals surface area contributed by atoms with Gasteiger partial charge in [0.15, 0.2) is 5.78 Å². The number of hydrogen-bond acceptors (Lipinski definition) is 6. The number of hydrogen-bond donors (Lipinski definition) is 2. The van der Waals surface area contributed by atoms with Crippen molar-refractivity contribution in [3.05, 3.63) is 58.3 Å². The predicted octanol–water partition coefficient (Wildman–Crippen LogP) is 2.64. The summed E-state index contributed by atoms with van der Waals surface area (Å²) in [6.45, 7) is 3.40. The molecule has 8 heteroatoms. The number of amides is 2. The molecule has 1 aromatic heterocycles. The van der Waals surface area contributed by atoms with Gasteiger partial charge in [0.1, 0.15) is 18.2 Å². The summed E-state index contributed by atoms with van der Waals surface area (Å²) in [4.78, 5) is 37.8. The van der Waals surface area contributed by atoms with Crippen molar-refractivity contribution in [2.75, 3.05) is 12.4 Å². The summed E-state index contributed by atoms with van der Waals surface area (Å²) in [6, 6.07) is 10.9. The minimum absolute atomic E-state index is 0.0212. The molecule has 0 saturated carbocycles. The summed E-state index contributed by atoms with van der Waals surface area (Å²) in [5.74, 6) is 0.240. The van der Waals surface area contributed by atoms with Crippen molar-refractivity contribution in [1.82, 2.24) is 10.6 Å². The van der Waals surface area contributed by atoms with Gasteiger partial charge in [0, 0.05) is 16.9 Å². The molecule has 3 atom stereocenters. The van der Waals surface area contributed by atoms with Gasteiger partial charge in [-0.05, 0) is 30.9 Å². The van der Waals surface area contributed by atoms with E-state index in [-0.39, 0.29) is 24.2 Å². The summed E-state index contributed by atoms with van der Waals surface area (Å²) in [5, 5.41) is 9.17. The Balaban J connectivity index is 1.68. The lowest BCUT2D eigenvalue weighted by molar-refractivity contribution is -0.130. The molecule has 1 aliphatic rings. The van der Waals surface area contributed by atoms with Crippen LogP contribution in [0.25, 0.3) is 0 Å². The number of rotatable bonds is 8. The number of ether oxygens (including phenoxy) is 1. The fourth-order valence-corrected chi connectivity index (χ4v) is 4.60. The molecule has 0 aliphatic carbocycles. The largest absolute Gasteiger partial charge is 0.368 e. The molecule has 29 heavy (non-hydrogen) atoms. The Morgan fingerprint density at radius 2 is 2.07 bits per heavy atom. The lowest BCUT2D eigenvalue weighted by Crippen LogP contribution is -2.60. The molecule has 2 heterocycles. The van der Waals surface area contributed by atoms with Crippen LogP contribution in [0.5, 0.6) is 0 Å². The highest BCUT2D eigenvalue weighted by Crippen LogP contribution is 2.23. The lowest BCUT2D eigenvalue weighted by atomic mass is 9.93. The van der Waals surface area contributed by atoms with Crippen LogP contribution < -0.4 is 10.6 Å². The van der Waals surface area contributed by atoms with Gasteiger partial charge < -0.3 is 15.4 Å². The molecule has 1 aliphatic heterocycles. The van der Waals surface area contributed by atoms with E-state index in [1.165, 1.54) is 11.3 Å². The second kappa shape index (κ2) is 9.56. The number of ketones is 1. The van der Waals surface area contributed by atoms with E-state index in [0.29, 0.717) is 17.1 Å². The number of carbonyl (C=O) groups is 3. The molecule has 0 spiro atoms. The number of thioether (sulfide) groups is 1. The first-order valence-corrected chi connectivity index (χ1v) is 11.4. The highest BCUT2D eigenvalue weighted by molar-refractivity contribution is 7.98. The van der Waals surface area contributed by atoms with Gasteiger partial charge in [0.05, 0.1) is 11.7 Å². The van der Waals surface area contributed by atoms with Gasteiger partial charge >= 0.3 is 0 Å². The van der Waals surface area contributed by atoms with Crippen molar-refractivity contribution in [2.24, 2.45) is 0 Å². The smallest absolute Gasteiger partial charge is 0.252 e. The third-order valence-corrected chi connectivity index (χ3v) is 6.83. The van der Waals surface area contributed by atoms with E-state index in [0.717, 1.165) is 5.56 Å². The van der Waals surface area contributed by atoms with Crippen molar-refractivity contribution < 1.29 is 19.1 Å². The highest BCUT2D eigenvalue weighted by Gasteiger charge is 2.47. The van der Waals surface area contributed by atoms with Crippen LogP contribution >= 0.6 is 23.1 Å². The van der Waals surface area contributed by atoms with Gasteiger partial charge in [-0.25, -0.2) is 0 Å². The average molecular weight is 433 g/mol. The van der Waals surface area contributed by atoms with Crippen molar-refractivity contribution in [1.29, 1.82) is 0 Å². The van der Waals surface area contributed by atoms with Crippen LogP contribution in [0.4, 0.5) is 0 Å². The van der Waals surface area contributed by atoms with Gasteiger partial charge in [-0.1, -0.05) is 30.3 Å². The Morgan fingerprint density at radius 1 is 1.31 bits per heavy atom. The topological polar surface area (TPSA) is 84.5 Å². The second-order valence-corrected chi connectivity index (χ2v) is 8.92. The zero-order valence-electron chi connectivity index (χ0n) is 16.3. The molecule has 0 radical (unpaired) electrons. The molecular formula is C21H24N2O4S2. The Bertz CT molecular complexity index is 857. The Morgan fingerprint density at radius 3 is 2.69 bits per heavy atom. The molecule has 3 rings (SSSR count). The standard InChI is InChI=1S/C21H24N2O4S2/c1-14-21(2,18(24)10-27-14)23-20(26)17(22-19(25)16-8-9-28-12-16)13-29-11-15-6-4-3-5-7-15/h3-9,12,14,17H,10-11,13H2,1-2H3,(H,22,25)(H,23,26). The van der Waals surface area contributed by atoms with E-state index in [4.69, 9.17) is 4.74 Å². The van der Waals surface area contributed by atoms with Crippen LogP contribution in [0.1, 0.15) is 29.8 Å². The molecule has 2 amide bonds. The number of nitrogens with one attached hydrogen (secondary N) is 2. The van der Waals surface area contributed by atoms with Gasteiger partial charge in [-0.3, -0.25) is 14.4 Å². The van der Waals surface area contributed by atoms with Crippen molar-refractivity contribution in [3.63, 3.8) is 0 Å². The number of thiophene rings is 1. The Hall–Kier alpha value is -2.16. The SMILES string of the molecule is CC1OCC(=O)C1(C)NC(=O)C(CSCc1ccccc1)NC(=O)c1ccsc1. The maximum Gasteiger partial charge on any atom is 0.252 e. The Labute approximate surface area is 178 Å². The van der Waals surface area contributed by atoms with E-state index >= 15 is 0 Å². The second-order valence-electron chi connectivity index (χ2n) is 7.11. The fraction of sp³-hybridized carbons (Fsp3) is 0.381. The van der Waals surface area contributed by atoms with Crippen LogP contribution in [-0.2, 0) is 20.1 Å². The molecule has 1 saturated heterocycles. The van der Waals surface area contributed by atoms with Crippen molar-refractivity contribution in [3.8, 4) is 0 Å². The Kier molecular flexibility index (Phi) is 7.10. The van der Waals surface area contributed by atoms with E-state index in [1.807, 2.05) is 35.7 Å².